The molecule has 6 heteroatoms. The topological polar surface area (TPSA) is 63.0 Å². The van der Waals surface area contributed by atoms with Gasteiger partial charge in [-0.05, 0) is 30.3 Å². The van der Waals surface area contributed by atoms with Crippen LogP contribution in [0.25, 0.3) is 5.69 Å². The third-order valence-corrected chi connectivity index (χ3v) is 3.57. The molecule has 0 saturated carbocycles. The first-order valence-corrected chi connectivity index (χ1v) is 7.18. The van der Waals surface area contributed by atoms with Gasteiger partial charge in [-0.25, -0.2) is 9.67 Å². The molecule has 0 fully saturated rings. The Hall–Kier alpha value is -2.34. The minimum atomic E-state index is 0.268. The molecule has 0 spiro atoms. The molecule has 5 nitrogen and oxygen atoms in total. The molecule has 3 rings (SSSR count). The van der Waals surface area contributed by atoms with Crippen LogP contribution in [0.3, 0.4) is 0 Å². The molecule has 1 heterocycles. The molecule has 2 aromatic carbocycles. The number of anilines is 1. The first-order chi connectivity index (χ1) is 10.2. The van der Waals surface area contributed by atoms with Crippen LogP contribution in [0.15, 0.2) is 59.6 Å². The molecule has 1 aromatic heterocycles. The van der Waals surface area contributed by atoms with Gasteiger partial charge < -0.3 is 10.4 Å². The Bertz CT molecular complexity index is 743. The van der Waals surface area contributed by atoms with E-state index in [9.17, 15) is 5.11 Å². The molecule has 0 aliphatic carbocycles. The summed E-state index contributed by atoms with van der Waals surface area (Å²) in [5.74, 6) is 0.268. The maximum atomic E-state index is 9.88. The molecule has 0 amide bonds. The Balaban J connectivity index is 1.84. The quantitative estimate of drug-likeness (QED) is 0.761. The van der Waals surface area contributed by atoms with Gasteiger partial charge in [0.15, 0.2) is 0 Å². The second kappa shape index (κ2) is 5.97. The van der Waals surface area contributed by atoms with Crippen LogP contribution < -0.4 is 5.32 Å². The number of phenols is 1. The second-order valence-corrected chi connectivity index (χ2v) is 5.40. The van der Waals surface area contributed by atoms with Crippen molar-refractivity contribution < 1.29 is 5.11 Å². The van der Waals surface area contributed by atoms with Crippen molar-refractivity contribution in [1.29, 1.82) is 0 Å². The number of nitrogens with one attached hydrogen (secondary N) is 1. The third kappa shape index (κ3) is 3.05. The normalized spacial score (nSPS) is 10.5. The summed E-state index contributed by atoms with van der Waals surface area (Å²) in [6.45, 7) is 0.511. The van der Waals surface area contributed by atoms with Gasteiger partial charge in [0.1, 0.15) is 18.4 Å². The molecular weight excluding hydrogens is 332 g/mol. The Kier molecular flexibility index (Phi) is 3.87. The van der Waals surface area contributed by atoms with Gasteiger partial charge in [0.2, 0.25) is 0 Å². The Labute approximate surface area is 130 Å². The molecule has 3 aromatic rings. The summed E-state index contributed by atoms with van der Waals surface area (Å²) in [7, 11) is 0. The number of rotatable bonds is 4. The summed E-state index contributed by atoms with van der Waals surface area (Å²) in [6.07, 6.45) is 3.15. The summed E-state index contributed by atoms with van der Waals surface area (Å²) < 4.78 is 2.63. The molecule has 21 heavy (non-hydrogen) atoms. The maximum absolute atomic E-state index is 9.88. The number of benzene rings is 2. The van der Waals surface area contributed by atoms with Gasteiger partial charge in [-0.2, -0.15) is 5.10 Å². The van der Waals surface area contributed by atoms with Crippen molar-refractivity contribution in [2.45, 2.75) is 6.54 Å². The zero-order chi connectivity index (χ0) is 14.7. The zero-order valence-corrected chi connectivity index (χ0v) is 12.7. The van der Waals surface area contributed by atoms with Gasteiger partial charge in [0, 0.05) is 16.6 Å². The monoisotopic (exact) mass is 344 g/mol. The van der Waals surface area contributed by atoms with E-state index in [1.165, 1.54) is 6.33 Å². The molecule has 0 aliphatic heterocycles. The number of hydrogen-bond acceptors (Lipinski definition) is 4. The average molecular weight is 345 g/mol. The molecule has 106 valence electrons. The van der Waals surface area contributed by atoms with E-state index in [0.717, 1.165) is 21.4 Å². The standard InChI is InChI=1S/C15H13BrN4O/c16-12-5-6-15(21)11(7-12)8-18-13-3-1-2-4-14(13)20-10-17-9-19-20/h1-7,9-10,18,21H,8H2. The molecule has 0 bridgehead atoms. The van der Waals surface area contributed by atoms with Crippen LogP contribution in [-0.4, -0.2) is 19.9 Å². The maximum Gasteiger partial charge on any atom is 0.138 e. The number of halogens is 1. The van der Waals surface area contributed by atoms with E-state index in [1.54, 1.807) is 17.1 Å². The fraction of sp³-hybridized carbons (Fsp3) is 0.0667. The molecular formula is C15H13BrN4O. The summed E-state index contributed by atoms with van der Waals surface area (Å²) >= 11 is 3.41. The molecule has 0 aliphatic rings. The van der Waals surface area contributed by atoms with Crippen molar-refractivity contribution in [3.05, 3.63) is 65.2 Å². The lowest BCUT2D eigenvalue weighted by Crippen LogP contribution is -2.05. The predicted octanol–water partition coefficient (Wildman–Crippen LogP) is 3.35. The van der Waals surface area contributed by atoms with Crippen LogP contribution in [-0.2, 0) is 6.54 Å². The van der Waals surface area contributed by atoms with Crippen molar-refractivity contribution in [3.8, 4) is 11.4 Å². The predicted molar refractivity (Wildman–Crippen MR) is 84.5 cm³/mol. The lowest BCUT2D eigenvalue weighted by atomic mass is 10.2. The summed E-state index contributed by atoms with van der Waals surface area (Å²) in [4.78, 5) is 3.96. The molecule has 0 saturated heterocycles. The van der Waals surface area contributed by atoms with E-state index in [2.05, 4.69) is 31.3 Å². The molecule has 0 radical (unpaired) electrons. The van der Waals surface area contributed by atoms with Crippen LogP contribution in [0.2, 0.25) is 0 Å². The van der Waals surface area contributed by atoms with Gasteiger partial charge in [0.05, 0.1) is 11.4 Å². The highest BCUT2D eigenvalue weighted by Crippen LogP contribution is 2.24. The highest BCUT2D eigenvalue weighted by atomic mass is 79.9. The third-order valence-electron chi connectivity index (χ3n) is 3.08. The number of phenolic OH excluding ortho intramolecular Hbond substituents is 1. The fourth-order valence-corrected chi connectivity index (χ4v) is 2.45. The van der Waals surface area contributed by atoms with E-state index >= 15 is 0 Å². The van der Waals surface area contributed by atoms with Crippen molar-refractivity contribution in [2.75, 3.05) is 5.32 Å². The number of nitrogens with zero attached hydrogens (tertiary/aromatic N) is 3. The Morgan fingerprint density at radius 2 is 2.05 bits per heavy atom. The van der Waals surface area contributed by atoms with Crippen molar-refractivity contribution >= 4 is 21.6 Å². The minimum Gasteiger partial charge on any atom is -0.508 e. The summed E-state index contributed by atoms with van der Waals surface area (Å²) in [6, 6.07) is 13.2. The highest BCUT2D eigenvalue weighted by Gasteiger charge is 2.06. The molecule has 2 N–H and O–H groups in total. The van der Waals surface area contributed by atoms with E-state index < -0.39 is 0 Å². The molecule has 0 atom stereocenters. The summed E-state index contributed by atoms with van der Waals surface area (Å²) in [5, 5.41) is 17.3. The van der Waals surface area contributed by atoms with E-state index in [1.807, 2.05) is 36.4 Å². The lowest BCUT2D eigenvalue weighted by Gasteiger charge is -2.12. The summed E-state index contributed by atoms with van der Waals surface area (Å²) in [5.41, 5.74) is 2.64. The van der Waals surface area contributed by atoms with E-state index in [-0.39, 0.29) is 5.75 Å². The Morgan fingerprint density at radius 3 is 2.86 bits per heavy atom. The number of aromatic nitrogens is 3. The van der Waals surface area contributed by atoms with Crippen LogP contribution >= 0.6 is 15.9 Å². The van der Waals surface area contributed by atoms with Gasteiger partial charge in [-0.15, -0.1) is 0 Å². The van der Waals surface area contributed by atoms with Crippen LogP contribution in [0, 0.1) is 0 Å². The van der Waals surface area contributed by atoms with E-state index in [4.69, 9.17) is 0 Å². The van der Waals surface area contributed by atoms with Crippen LogP contribution in [0.4, 0.5) is 5.69 Å². The lowest BCUT2D eigenvalue weighted by molar-refractivity contribution is 0.469. The number of para-hydroxylation sites is 2. The Morgan fingerprint density at radius 1 is 1.19 bits per heavy atom. The second-order valence-electron chi connectivity index (χ2n) is 4.48. The SMILES string of the molecule is Oc1ccc(Br)cc1CNc1ccccc1-n1cncn1. The van der Waals surface area contributed by atoms with Crippen LogP contribution in [0.1, 0.15) is 5.56 Å². The fourth-order valence-electron chi connectivity index (χ4n) is 2.04. The number of aromatic hydroxyl groups is 1. The van der Waals surface area contributed by atoms with Crippen molar-refractivity contribution in [3.63, 3.8) is 0 Å². The smallest absolute Gasteiger partial charge is 0.138 e. The number of hydrogen-bond donors (Lipinski definition) is 2. The van der Waals surface area contributed by atoms with Crippen molar-refractivity contribution in [1.82, 2.24) is 14.8 Å². The average Bonchev–Trinajstić information content (AvgIpc) is 3.03. The van der Waals surface area contributed by atoms with Gasteiger partial charge in [-0.3, -0.25) is 0 Å². The van der Waals surface area contributed by atoms with Crippen molar-refractivity contribution in [2.24, 2.45) is 0 Å². The van der Waals surface area contributed by atoms with E-state index in [0.29, 0.717) is 6.54 Å². The van der Waals surface area contributed by atoms with Gasteiger partial charge in [0.25, 0.3) is 0 Å². The minimum absolute atomic E-state index is 0.268. The highest BCUT2D eigenvalue weighted by molar-refractivity contribution is 9.10. The first-order valence-electron chi connectivity index (χ1n) is 6.39. The largest absolute Gasteiger partial charge is 0.508 e. The molecule has 0 unspecified atom stereocenters. The van der Waals surface area contributed by atoms with Crippen LogP contribution in [0.5, 0.6) is 5.75 Å². The first kappa shape index (κ1) is 13.6. The zero-order valence-electron chi connectivity index (χ0n) is 11.1. The van der Waals surface area contributed by atoms with Gasteiger partial charge >= 0.3 is 0 Å². The van der Waals surface area contributed by atoms with Gasteiger partial charge in [-0.1, -0.05) is 28.1 Å².